The molecule has 0 unspecified atom stereocenters. The van der Waals surface area contributed by atoms with Crippen molar-refractivity contribution in [2.75, 3.05) is 39.4 Å². The van der Waals surface area contributed by atoms with Gasteiger partial charge < -0.3 is 9.64 Å². The summed E-state index contributed by atoms with van der Waals surface area (Å²) in [7, 11) is 0. The highest BCUT2D eigenvalue weighted by molar-refractivity contribution is 5.94. The van der Waals surface area contributed by atoms with Crippen molar-refractivity contribution >= 4 is 5.91 Å². The number of piperidine rings is 1. The number of carbonyl (C=O) groups excluding carboxylic acids is 1. The van der Waals surface area contributed by atoms with E-state index >= 15 is 0 Å². The van der Waals surface area contributed by atoms with Gasteiger partial charge in [0.25, 0.3) is 5.91 Å². The Kier molecular flexibility index (Phi) is 5.79. The van der Waals surface area contributed by atoms with Crippen molar-refractivity contribution in [3.63, 3.8) is 0 Å². The zero-order valence-electron chi connectivity index (χ0n) is 15.6. The van der Waals surface area contributed by atoms with Crippen LogP contribution in [0, 0.1) is 0 Å². The number of likely N-dealkylation sites (tertiary alicyclic amines) is 1. The van der Waals surface area contributed by atoms with E-state index in [4.69, 9.17) is 4.74 Å². The number of benzene rings is 1. The predicted octanol–water partition coefficient (Wildman–Crippen LogP) is 2.19. The van der Waals surface area contributed by atoms with E-state index in [0.29, 0.717) is 6.04 Å². The van der Waals surface area contributed by atoms with E-state index in [1.54, 1.807) is 0 Å². The number of ether oxygens (including phenoxy) is 1. The molecule has 3 heterocycles. The van der Waals surface area contributed by atoms with Crippen LogP contribution in [0.4, 0.5) is 0 Å². The summed E-state index contributed by atoms with van der Waals surface area (Å²) in [5, 5.41) is 6.73. The third-order valence-corrected chi connectivity index (χ3v) is 5.59. The van der Waals surface area contributed by atoms with Gasteiger partial charge in [0.05, 0.1) is 13.2 Å². The average molecular weight is 369 g/mol. The highest BCUT2D eigenvalue weighted by Crippen LogP contribution is 2.23. The number of amides is 1. The van der Waals surface area contributed by atoms with Crippen LogP contribution in [0.5, 0.6) is 0 Å². The van der Waals surface area contributed by atoms with E-state index in [9.17, 15) is 4.79 Å². The number of carbonyl (C=O) groups is 1. The van der Waals surface area contributed by atoms with Crippen molar-refractivity contribution < 1.29 is 9.53 Å². The molecule has 2 aliphatic heterocycles. The molecule has 4 rings (SSSR count). The number of aromatic nitrogens is 3. The number of hydrogen-bond acceptors (Lipinski definition) is 5. The topological polar surface area (TPSA) is 74.4 Å². The summed E-state index contributed by atoms with van der Waals surface area (Å²) >= 11 is 0. The lowest BCUT2D eigenvalue weighted by atomic mass is 9.97. The summed E-state index contributed by atoms with van der Waals surface area (Å²) in [4.78, 5) is 21.8. The largest absolute Gasteiger partial charge is 0.379 e. The summed E-state index contributed by atoms with van der Waals surface area (Å²) in [6, 6.07) is 7.99. The monoisotopic (exact) mass is 369 g/mol. The molecule has 0 bridgehead atoms. The molecular formula is C20H27N5O2. The Bertz CT molecular complexity index is 725. The highest BCUT2D eigenvalue weighted by Gasteiger charge is 2.28. The predicted molar refractivity (Wildman–Crippen MR) is 102 cm³/mol. The molecule has 1 atom stereocenters. The smallest absolute Gasteiger partial charge is 0.254 e. The van der Waals surface area contributed by atoms with E-state index in [0.717, 1.165) is 75.6 Å². The second kappa shape index (κ2) is 8.63. The first-order chi connectivity index (χ1) is 13.3. The molecule has 7 nitrogen and oxygen atoms in total. The molecule has 0 radical (unpaired) electrons. The van der Waals surface area contributed by atoms with Crippen LogP contribution in [0.2, 0.25) is 0 Å². The van der Waals surface area contributed by atoms with Gasteiger partial charge in [-0.3, -0.25) is 14.8 Å². The van der Waals surface area contributed by atoms with E-state index in [1.165, 1.54) is 12.7 Å². The maximum Gasteiger partial charge on any atom is 0.254 e. The number of nitrogens with zero attached hydrogens (tertiary/aromatic N) is 4. The Morgan fingerprint density at radius 1 is 1.15 bits per heavy atom. The second-order valence-electron chi connectivity index (χ2n) is 7.30. The summed E-state index contributed by atoms with van der Waals surface area (Å²) in [6.07, 6.45) is 5.94. The Morgan fingerprint density at radius 3 is 2.70 bits per heavy atom. The summed E-state index contributed by atoms with van der Waals surface area (Å²) in [5.41, 5.74) is 1.68. The molecule has 2 saturated heterocycles. The lowest BCUT2D eigenvalue weighted by Gasteiger charge is -2.37. The summed E-state index contributed by atoms with van der Waals surface area (Å²) in [5.74, 6) is 0.862. The lowest BCUT2D eigenvalue weighted by Crippen LogP contribution is -2.46. The Balaban J connectivity index is 1.40. The minimum atomic E-state index is 0.144. The Labute approximate surface area is 159 Å². The molecule has 1 aromatic carbocycles. The SMILES string of the molecule is O=C(c1ccc(-c2ncn[nH]2)cc1)N1CCCC[C@H]1CCN1CCOCC1. The van der Waals surface area contributed by atoms with Gasteiger partial charge in [-0.25, -0.2) is 4.98 Å². The van der Waals surface area contributed by atoms with Crippen LogP contribution >= 0.6 is 0 Å². The standard InChI is InChI=1S/C20H27N5O2/c26-20(17-6-4-16(5-7-17)19-21-15-22-23-19)25-9-2-1-3-18(25)8-10-24-11-13-27-14-12-24/h4-7,15,18H,1-3,8-14H2,(H,21,22,23)/t18-/m0/s1. The van der Waals surface area contributed by atoms with Gasteiger partial charge in [0.1, 0.15) is 6.33 Å². The molecular weight excluding hydrogens is 342 g/mol. The Hall–Kier alpha value is -2.25. The minimum Gasteiger partial charge on any atom is -0.379 e. The zero-order valence-corrected chi connectivity index (χ0v) is 15.6. The maximum absolute atomic E-state index is 13.1. The molecule has 1 N–H and O–H groups in total. The van der Waals surface area contributed by atoms with Crippen molar-refractivity contribution in [3.8, 4) is 11.4 Å². The van der Waals surface area contributed by atoms with Crippen LogP contribution in [0.25, 0.3) is 11.4 Å². The molecule has 7 heteroatoms. The molecule has 0 saturated carbocycles. The number of hydrogen-bond donors (Lipinski definition) is 1. The van der Waals surface area contributed by atoms with Crippen molar-refractivity contribution in [2.24, 2.45) is 0 Å². The van der Waals surface area contributed by atoms with Gasteiger partial charge in [-0.1, -0.05) is 12.1 Å². The van der Waals surface area contributed by atoms with Gasteiger partial charge in [-0.2, -0.15) is 5.10 Å². The van der Waals surface area contributed by atoms with Crippen LogP contribution in [-0.4, -0.2) is 76.3 Å². The van der Waals surface area contributed by atoms with Crippen LogP contribution in [-0.2, 0) is 4.74 Å². The van der Waals surface area contributed by atoms with Crippen LogP contribution in [0.1, 0.15) is 36.0 Å². The molecule has 144 valence electrons. The third kappa shape index (κ3) is 4.36. The van der Waals surface area contributed by atoms with Crippen LogP contribution in [0.3, 0.4) is 0 Å². The van der Waals surface area contributed by atoms with Gasteiger partial charge in [0.2, 0.25) is 0 Å². The third-order valence-electron chi connectivity index (χ3n) is 5.59. The van der Waals surface area contributed by atoms with E-state index in [-0.39, 0.29) is 5.91 Å². The number of aromatic amines is 1. The van der Waals surface area contributed by atoms with Crippen molar-refractivity contribution in [1.82, 2.24) is 25.0 Å². The number of H-pyrrole nitrogens is 1. The van der Waals surface area contributed by atoms with Gasteiger partial charge >= 0.3 is 0 Å². The van der Waals surface area contributed by atoms with Gasteiger partial charge in [0, 0.05) is 43.3 Å². The quantitative estimate of drug-likeness (QED) is 0.874. The maximum atomic E-state index is 13.1. The zero-order chi connectivity index (χ0) is 18.5. The van der Waals surface area contributed by atoms with Crippen molar-refractivity contribution in [3.05, 3.63) is 36.2 Å². The van der Waals surface area contributed by atoms with E-state index < -0.39 is 0 Å². The number of morpholine rings is 1. The molecule has 1 aromatic heterocycles. The first kappa shape index (κ1) is 18.1. The Morgan fingerprint density at radius 2 is 1.96 bits per heavy atom. The van der Waals surface area contributed by atoms with Gasteiger partial charge in [-0.05, 0) is 37.8 Å². The van der Waals surface area contributed by atoms with E-state index in [2.05, 4.69) is 25.0 Å². The normalized spacial score (nSPS) is 21.3. The minimum absolute atomic E-state index is 0.144. The van der Waals surface area contributed by atoms with Crippen LogP contribution in [0.15, 0.2) is 30.6 Å². The fourth-order valence-corrected chi connectivity index (χ4v) is 4.01. The highest BCUT2D eigenvalue weighted by atomic mass is 16.5. The lowest BCUT2D eigenvalue weighted by molar-refractivity contribution is 0.0296. The van der Waals surface area contributed by atoms with Gasteiger partial charge in [0.15, 0.2) is 5.82 Å². The summed E-state index contributed by atoms with van der Waals surface area (Å²) in [6.45, 7) is 5.56. The molecule has 2 aliphatic rings. The van der Waals surface area contributed by atoms with Gasteiger partial charge in [-0.15, -0.1) is 0 Å². The second-order valence-corrected chi connectivity index (χ2v) is 7.30. The molecule has 1 amide bonds. The number of nitrogens with one attached hydrogen (secondary N) is 1. The number of rotatable bonds is 5. The molecule has 0 aliphatic carbocycles. The van der Waals surface area contributed by atoms with E-state index in [1.807, 2.05) is 24.3 Å². The first-order valence-electron chi connectivity index (χ1n) is 9.88. The van der Waals surface area contributed by atoms with Crippen LogP contribution < -0.4 is 0 Å². The van der Waals surface area contributed by atoms with Crippen molar-refractivity contribution in [1.29, 1.82) is 0 Å². The molecule has 2 aromatic rings. The first-order valence-corrected chi connectivity index (χ1v) is 9.88. The molecule has 0 spiro atoms. The molecule has 27 heavy (non-hydrogen) atoms. The fourth-order valence-electron chi connectivity index (χ4n) is 4.01. The average Bonchev–Trinajstić information content (AvgIpc) is 3.28. The summed E-state index contributed by atoms with van der Waals surface area (Å²) < 4.78 is 5.43. The molecule has 2 fully saturated rings. The fraction of sp³-hybridized carbons (Fsp3) is 0.550. The van der Waals surface area contributed by atoms with Crippen molar-refractivity contribution in [2.45, 2.75) is 31.7 Å².